The van der Waals surface area contributed by atoms with Crippen molar-refractivity contribution in [3.8, 4) is 0 Å². The Bertz CT molecular complexity index is 40.0. The van der Waals surface area contributed by atoms with Crippen LogP contribution in [0.1, 0.15) is 52.4 Å². The van der Waals surface area contributed by atoms with E-state index >= 15 is 0 Å². The first-order valence-electron chi connectivity index (χ1n) is 4.51. The van der Waals surface area contributed by atoms with Gasteiger partial charge < -0.3 is 0 Å². The summed E-state index contributed by atoms with van der Waals surface area (Å²) < 4.78 is 0. The summed E-state index contributed by atoms with van der Waals surface area (Å²) >= 11 is 0. The van der Waals surface area contributed by atoms with Gasteiger partial charge in [-0.25, -0.2) is 0 Å². The molecule has 0 aromatic carbocycles. The molecule has 10 heavy (non-hydrogen) atoms. The standard InChI is InChI=1S/C10H20/c1-3-5-7-9-10-8-6-4-2/h3,7H,4-6,8-10H2,1-2H3. The zero-order valence-electron chi connectivity index (χ0n) is 7.40. The molecule has 0 rings (SSSR count). The third kappa shape index (κ3) is 8.00. The van der Waals surface area contributed by atoms with Crippen molar-refractivity contribution >= 4 is 0 Å². The predicted octanol–water partition coefficient (Wildman–Crippen LogP) is 3.78. The van der Waals surface area contributed by atoms with Crippen molar-refractivity contribution < 1.29 is 0 Å². The van der Waals surface area contributed by atoms with Gasteiger partial charge in [-0.3, -0.25) is 0 Å². The van der Waals surface area contributed by atoms with Crippen LogP contribution in [0.3, 0.4) is 0 Å². The third-order valence-electron chi connectivity index (χ3n) is 1.66. The SMILES string of the molecule is C[CH]C[CH]CCCCCC. The van der Waals surface area contributed by atoms with Crippen LogP contribution >= 0.6 is 0 Å². The first kappa shape index (κ1) is 10.0. The maximum absolute atomic E-state index is 2.37. The van der Waals surface area contributed by atoms with Crippen molar-refractivity contribution in [2.45, 2.75) is 52.4 Å². The molecule has 0 aliphatic carbocycles. The minimum absolute atomic E-state index is 1.19. The molecular formula is C10H20. The second kappa shape index (κ2) is 9.00. The molecule has 60 valence electrons. The van der Waals surface area contributed by atoms with E-state index in [2.05, 4.69) is 26.7 Å². The van der Waals surface area contributed by atoms with Crippen molar-refractivity contribution in [3.63, 3.8) is 0 Å². The second-order valence-corrected chi connectivity index (χ2v) is 2.78. The monoisotopic (exact) mass is 140 g/mol. The average molecular weight is 140 g/mol. The van der Waals surface area contributed by atoms with E-state index in [0.717, 1.165) is 0 Å². The quantitative estimate of drug-likeness (QED) is 0.472. The average Bonchev–Trinajstić information content (AvgIpc) is 1.97. The lowest BCUT2D eigenvalue weighted by atomic mass is 10.1. The topological polar surface area (TPSA) is 0 Å². The van der Waals surface area contributed by atoms with E-state index in [1.54, 1.807) is 0 Å². The van der Waals surface area contributed by atoms with E-state index in [9.17, 15) is 0 Å². The molecule has 0 heterocycles. The molecule has 0 fully saturated rings. The Morgan fingerprint density at radius 3 is 2.50 bits per heavy atom. The molecule has 0 aromatic heterocycles. The lowest BCUT2D eigenvalue weighted by Crippen LogP contribution is -1.79. The first-order valence-corrected chi connectivity index (χ1v) is 4.51. The zero-order valence-corrected chi connectivity index (χ0v) is 7.40. The van der Waals surface area contributed by atoms with Gasteiger partial charge in [0.2, 0.25) is 0 Å². The highest BCUT2D eigenvalue weighted by molar-refractivity contribution is 4.71. The van der Waals surface area contributed by atoms with Crippen LogP contribution in [0.5, 0.6) is 0 Å². The molecule has 0 heteroatoms. The van der Waals surface area contributed by atoms with E-state index in [4.69, 9.17) is 0 Å². The van der Waals surface area contributed by atoms with Crippen LogP contribution in [0.4, 0.5) is 0 Å². The highest BCUT2D eigenvalue weighted by atomic mass is 13.9. The van der Waals surface area contributed by atoms with Crippen LogP contribution in [0, 0.1) is 12.8 Å². The summed E-state index contributed by atoms with van der Waals surface area (Å²) in [4.78, 5) is 0. The number of unbranched alkanes of at least 4 members (excludes halogenated alkanes) is 7. The van der Waals surface area contributed by atoms with E-state index < -0.39 is 0 Å². The van der Waals surface area contributed by atoms with Crippen molar-refractivity contribution in [2.75, 3.05) is 0 Å². The van der Waals surface area contributed by atoms with E-state index in [1.165, 1.54) is 38.5 Å². The Hall–Kier alpha value is 0. The normalized spacial score (nSPS) is 10.2. The maximum atomic E-state index is 2.37. The molecule has 2 radical (unpaired) electrons. The summed E-state index contributed by atoms with van der Waals surface area (Å²) in [6.07, 6.45) is 12.6. The van der Waals surface area contributed by atoms with Gasteiger partial charge in [0.15, 0.2) is 0 Å². The molecule has 0 spiro atoms. The molecule has 0 aliphatic heterocycles. The molecule has 0 amide bonds. The van der Waals surface area contributed by atoms with Crippen molar-refractivity contribution in [1.29, 1.82) is 0 Å². The largest absolute Gasteiger partial charge is 0.0654 e. The van der Waals surface area contributed by atoms with E-state index in [-0.39, 0.29) is 0 Å². The molecule has 0 atom stereocenters. The fraction of sp³-hybridized carbons (Fsp3) is 0.800. The molecule has 0 N–H and O–H groups in total. The Balaban J connectivity index is 2.65. The number of rotatable bonds is 7. The van der Waals surface area contributed by atoms with Gasteiger partial charge in [0, 0.05) is 0 Å². The molecule has 0 bridgehead atoms. The summed E-state index contributed by atoms with van der Waals surface area (Å²) in [5, 5.41) is 0. The summed E-state index contributed by atoms with van der Waals surface area (Å²) in [6, 6.07) is 0. The summed E-state index contributed by atoms with van der Waals surface area (Å²) in [5.41, 5.74) is 0. The molecule has 0 aliphatic rings. The van der Waals surface area contributed by atoms with Crippen LogP contribution in [0.2, 0.25) is 0 Å². The Kier molecular flexibility index (Phi) is 9.00. The first-order chi connectivity index (χ1) is 4.91. The smallest absolute Gasteiger partial charge is 0.0383 e. The molecule has 0 nitrogen and oxygen atoms in total. The van der Waals surface area contributed by atoms with Gasteiger partial charge in [0.25, 0.3) is 0 Å². The minimum atomic E-state index is 1.19. The van der Waals surface area contributed by atoms with Gasteiger partial charge in [-0.1, -0.05) is 46.0 Å². The van der Waals surface area contributed by atoms with Gasteiger partial charge >= 0.3 is 0 Å². The Morgan fingerprint density at radius 1 is 1.10 bits per heavy atom. The maximum Gasteiger partial charge on any atom is -0.0383 e. The van der Waals surface area contributed by atoms with E-state index in [1.807, 2.05) is 0 Å². The second-order valence-electron chi connectivity index (χ2n) is 2.78. The van der Waals surface area contributed by atoms with Crippen LogP contribution in [-0.4, -0.2) is 0 Å². The van der Waals surface area contributed by atoms with Gasteiger partial charge in [0.05, 0.1) is 0 Å². The van der Waals surface area contributed by atoms with Crippen LogP contribution < -0.4 is 0 Å². The van der Waals surface area contributed by atoms with Crippen molar-refractivity contribution in [1.82, 2.24) is 0 Å². The van der Waals surface area contributed by atoms with Gasteiger partial charge in [0.1, 0.15) is 0 Å². The fourth-order valence-electron chi connectivity index (χ4n) is 1.000. The molecule has 0 saturated heterocycles. The van der Waals surface area contributed by atoms with Crippen LogP contribution in [0.25, 0.3) is 0 Å². The minimum Gasteiger partial charge on any atom is -0.0654 e. The summed E-state index contributed by atoms with van der Waals surface area (Å²) in [7, 11) is 0. The van der Waals surface area contributed by atoms with Crippen molar-refractivity contribution in [2.24, 2.45) is 0 Å². The lowest BCUT2D eigenvalue weighted by Gasteiger charge is -1.97. The molecule has 0 saturated carbocycles. The van der Waals surface area contributed by atoms with Crippen molar-refractivity contribution in [3.05, 3.63) is 12.8 Å². The van der Waals surface area contributed by atoms with Crippen LogP contribution in [0.15, 0.2) is 0 Å². The molecule has 0 unspecified atom stereocenters. The summed E-state index contributed by atoms with van der Waals surface area (Å²) in [6.45, 7) is 4.37. The zero-order chi connectivity index (χ0) is 7.66. The number of hydrogen-bond donors (Lipinski definition) is 0. The number of hydrogen-bond acceptors (Lipinski definition) is 0. The Labute approximate surface area is 66.0 Å². The van der Waals surface area contributed by atoms with Gasteiger partial charge in [-0.15, -0.1) is 0 Å². The van der Waals surface area contributed by atoms with E-state index in [0.29, 0.717) is 0 Å². The predicted molar refractivity (Wildman–Crippen MR) is 47.7 cm³/mol. The third-order valence-corrected chi connectivity index (χ3v) is 1.66. The molecular weight excluding hydrogens is 120 g/mol. The fourth-order valence-corrected chi connectivity index (χ4v) is 1.000. The highest BCUT2D eigenvalue weighted by Crippen LogP contribution is 2.06. The molecule has 0 aromatic rings. The van der Waals surface area contributed by atoms with Gasteiger partial charge in [-0.05, 0) is 19.3 Å². The van der Waals surface area contributed by atoms with Crippen LogP contribution in [-0.2, 0) is 0 Å². The highest BCUT2D eigenvalue weighted by Gasteiger charge is 1.88. The van der Waals surface area contributed by atoms with Gasteiger partial charge in [-0.2, -0.15) is 0 Å². The Morgan fingerprint density at radius 2 is 1.90 bits per heavy atom. The lowest BCUT2D eigenvalue weighted by molar-refractivity contribution is 0.656. The summed E-state index contributed by atoms with van der Waals surface area (Å²) in [5.74, 6) is 0.